The van der Waals surface area contributed by atoms with Gasteiger partial charge in [0.05, 0.1) is 26.1 Å². The Labute approximate surface area is 167 Å². The minimum Gasteiger partial charge on any atom is -0.326 e. The Hall–Kier alpha value is -2.86. The van der Waals surface area contributed by atoms with Gasteiger partial charge in [-0.3, -0.25) is 19.6 Å². The number of anilines is 2. The highest BCUT2D eigenvalue weighted by molar-refractivity contribution is 7.92. The van der Waals surface area contributed by atoms with Crippen molar-refractivity contribution in [1.82, 2.24) is 0 Å². The van der Waals surface area contributed by atoms with Gasteiger partial charge in [0.2, 0.25) is 5.91 Å². The first kappa shape index (κ1) is 22.4. The molecule has 1 amide bonds. The molecule has 0 atom stereocenters. The lowest BCUT2D eigenvalue weighted by molar-refractivity contribution is -0.385. The molecule has 2 aromatic rings. The largest absolute Gasteiger partial charge is 0.418 e. The zero-order chi connectivity index (χ0) is 22.1. The predicted octanol–water partition coefficient (Wildman–Crippen LogP) is 4.33. The number of sulfonamides is 1. The SMILES string of the molecule is CC(=O)Nc1ccc(NS(=O)(=O)c2cc(Cl)c(C)c([N+](=O)[O-])c2)c(C(F)(F)F)c1. The third kappa shape index (κ3) is 5.15. The number of carbonyl (C=O) groups is 1. The van der Waals surface area contributed by atoms with Gasteiger partial charge in [0, 0.05) is 24.2 Å². The number of nitrogens with zero attached hydrogens (tertiary/aromatic N) is 1. The molecule has 0 heterocycles. The highest BCUT2D eigenvalue weighted by atomic mass is 35.5. The van der Waals surface area contributed by atoms with Crippen molar-refractivity contribution in [2.24, 2.45) is 0 Å². The first-order valence-electron chi connectivity index (χ1n) is 7.68. The normalized spacial score (nSPS) is 11.8. The Kier molecular flexibility index (Phi) is 6.09. The summed E-state index contributed by atoms with van der Waals surface area (Å²) >= 11 is 5.83. The molecule has 0 radical (unpaired) electrons. The van der Waals surface area contributed by atoms with Crippen molar-refractivity contribution in [3.05, 3.63) is 56.6 Å². The standard InChI is InChI=1S/C16H13ClF3N3O5S/c1-8-13(17)6-11(7-15(8)23(25)26)29(27,28)22-14-4-3-10(21-9(2)24)5-12(14)16(18,19)20/h3-7,22H,1-2H3,(H,21,24). The first-order chi connectivity index (χ1) is 13.2. The summed E-state index contributed by atoms with van der Waals surface area (Å²) in [5.41, 5.74) is -2.98. The average Bonchev–Trinajstić information content (AvgIpc) is 2.56. The molecule has 0 saturated heterocycles. The maximum Gasteiger partial charge on any atom is 0.418 e. The number of alkyl halides is 3. The number of rotatable bonds is 5. The molecule has 2 N–H and O–H groups in total. The Morgan fingerprint density at radius 3 is 2.34 bits per heavy atom. The maximum absolute atomic E-state index is 13.4. The summed E-state index contributed by atoms with van der Waals surface area (Å²) in [4.78, 5) is 20.6. The zero-order valence-electron chi connectivity index (χ0n) is 14.8. The van der Waals surface area contributed by atoms with E-state index < -0.39 is 48.9 Å². The number of halogens is 4. The Balaban J connectivity index is 2.55. The smallest absolute Gasteiger partial charge is 0.326 e. The number of carbonyl (C=O) groups excluding carboxylic acids is 1. The van der Waals surface area contributed by atoms with Crippen molar-refractivity contribution in [3.63, 3.8) is 0 Å². The molecule has 0 fully saturated rings. The van der Waals surface area contributed by atoms with Crippen LogP contribution in [0.15, 0.2) is 35.2 Å². The lowest BCUT2D eigenvalue weighted by atomic mass is 10.1. The van der Waals surface area contributed by atoms with Gasteiger partial charge >= 0.3 is 6.18 Å². The van der Waals surface area contributed by atoms with Crippen molar-refractivity contribution in [1.29, 1.82) is 0 Å². The van der Waals surface area contributed by atoms with Crippen LogP contribution in [0.2, 0.25) is 5.02 Å². The van der Waals surface area contributed by atoms with Gasteiger partial charge in [0.25, 0.3) is 15.7 Å². The number of nitro benzene ring substituents is 1. The van der Waals surface area contributed by atoms with Crippen molar-refractivity contribution in [2.75, 3.05) is 10.0 Å². The van der Waals surface area contributed by atoms with E-state index in [1.807, 2.05) is 0 Å². The molecule has 0 saturated carbocycles. The summed E-state index contributed by atoms with van der Waals surface area (Å²) in [6.07, 6.45) is -4.96. The van der Waals surface area contributed by atoms with Crippen LogP contribution >= 0.6 is 11.6 Å². The molecule has 0 aliphatic heterocycles. The average molecular weight is 452 g/mol. The molecule has 29 heavy (non-hydrogen) atoms. The first-order valence-corrected chi connectivity index (χ1v) is 9.54. The highest BCUT2D eigenvalue weighted by Crippen LogP contribution is 2.38. The molecule has 0 aliphatic rings. The van der Waals surface area contributed by atoms with Crippen molar-refractivity contribution in [2.45, 2.75) is 24.9 Å². The van der Waals surface area contributed by atoms with E-state index in [1.54, 1.807) is 4.72 Å². The third-order valence-electron chi connectivity index (χ3n) is 3.69. The van der Waals surface area contributed by atoms with Crippen LogP contribution in [0, 0.1) is 17.0 Å². The second-order valence-electron chi connectivity index (χ2n) is 5.85. The van der Waals surface area contributed by atoms with Crippen molar-refractivity contribution < 1.29 is 31.3 Å². The molecule has 2 aromatic carbocycles. The molecule has 0 spiro atoms. The van der Waals surface area contributed by atoms with Gasteiger partial charge in [-0.15, -0.1) is 0 Å². The number of nitrogens with one attached hydrogen (secondary N) is 2. The summed E-state index contributed by atoms with van der Waals surface area (Å²) < 4.78 is 67.0. The second kappa shape index (κ2) is 7.87. The molecule has 2 rings (SSSR count). The van der Waals surface area contributed by atoms with Crippen molar-refractivity contribution in [3.8, 4) is 0 Å². The number of hydrogen-bond acceptors (Lipinski definition) is 5. The molecule has 13 heteroatoms. The summed E-state index contributed by atoms with van der Waals surface area (Å²) in [6, 6.07) is 4.03. The van der Waals surface area contributed by atoms with E-state index in [2.05, 4.69) is 5.32 Å². The quantitative estimate of drug-likeness (QED) is 0.518. The van der Waals surface area contributed by atoms with E-state index in [9.17, 15) is 36.5 Å². The zero-order valence-corrected chi connectivity index (χ0v) is 16.4. The van der Waals surface area contributed by atoms with Crippen LogP contribution < -0.4 is 10.0 Å². The van der Waals surface area contributed by atoms with Gasteiger partial charge in [-0.05, 0) is 31.2 Å². The fourth-order valence-corrected chi connectivity index (χ4v) is 3.74. The molecule has 0 unspecified atom stereocenters. The lowest BCUT2D eigenvalue weighted by Crippen LogP contribution is -2.18. The van der Waals surface area contributed by atoms with E-state index in [1.165, 1.54) is 6.92 Å². The molecule has 156 valence electrons. The van der Waals surface area contributed by atoms with Gasteiger partial charge < -0.3 is 5.32 Å². The topological polar surface area (TPSA) is 118 Å². The summed E-state index contributed by atoms with van der Waals surface area (Å²) in [6.45, 7) is 2.39. The van der Waals surface area contributed by atoms with Crippen LogP contribution in [-0.4, -0.2) is 19.2 Å². The van der Waals surface area contributed by atoms with Gasteiger partial charge in [-0.25, -0.2) is 8.42 Å². The lowest BCUT2D eigenvalue weighted by Gasteiger charge is -2.16. The Bertz CT molecular complexity index is 1100. The minimum atomic E-state index is -4.96. The monoisotopic (exact) mass is 451 g/mol. The van der Waals surface area contributed by atoms with E-state index in [0.717, 1.165) is 25.1 Å². The number of amides is 1. The van der Waals surface area contributed by atoms with Crippen LogP contribution in [-0.2, 0) is 21.0 Å². The van der Waals surface area contributed by atoms with Crippen LogP contribution in [0.1, 0.15) is 18.1 Å². The molecule has 0 aromatic heterocycles. The molecular formula is C16H13ClF3N3O5S. The maximum atomic E-state index is 13.4. The van der Waals surface area contributed by atoms with Crippen LogP contribution in [0.3, 0.4) is 0 Å². The highest BCUT2D eigenvalue weighted by Gasteiger charge is 2.35. The van der Waals surface area contributed by atoms with Crippen LogP contribution in [0.25, 0.3) is 0 Å². The van der Waals surface area contributed by atoms with Crippen molar-refractivity contribution >= 4 is 44.6 Å². The molecule has 8 nitrogen and oxygen atoms in total. The summed E-state index contributed by atoms with van der Waals surface area (Å²) in [5.74, 6) is -0.618. The van der Waals surface area contributed by atoms with E-state index in [4.69, 9.17) is 11.6 Å². The predicted molar refractivity (Wildman–Crippen MR) is 99.4 cm³/mol. The van der Waals surface area contributed by atoms with Gasteiger partial charge in [0.15, 0.2) is 0 Å². The van der Waals surface area contributed by atoms with E-state index in [-0.39, 0.29) is 16.3 Å². The molecular weight excluding hydrogens is 439 g/mol. The fourth-order valence-electron chi connectivity index (χ4n) is 2.34. The number of benzene rings is 2. The van der Waals surface area contributed by atoms with Crippen LogP contribution in [0.4, 0.5) is 30.2 Å². The van der Waals surface area contributed by atoms with E-state index >= 15 is 0 Å². The van der Waals surface area contributed by atoms with Gasteiger partial charge in [-0.2, -0.15) is 13.2 Å². The van der Waals surface area contributed by atoms with Crippen LogP contribution in [0.5, 0.6) is 0 Å². The van der Waals surface area contributed by atoms with Gasteiger partial charge in [0.1, 0.15) is 0 Å². The van der Waals surface area contributed by atoms with Gasteiger partial charge in [-0.1, -0.05) is 11.6 Å². The number of nitro groups is 1. The second-order valence-corrected chi connectivity index (χ2v) is 7.94. The minimum absolute atomic E-state index is 0.00579. The summed E-state index contributed by atoms with van der Waals surface area (Å²) in [7, 11) is -4.65. The Morgan fingerprint density at radius 1 is 1.21 bits per heavy atom. The number of hydrogen-bond donors (Lipinski definition) is 2. The fraction of sp³-hybridized carbons (Fsp3) is 0.188. The Morgan fingerprint density at radius 2 is 1.83 bits per heavy atom. The molecule has 0 bridgehead atoms. The third-order valence-corrected chi connectivity index (χ3v) is 5.42. The van der Waals surface area contributed by atoms with E-state index in [0.29, 0.717) is 12.1 Å². The molecule has 0 aliphatic carbocycles. The summed E-state index contributed by atoms with van der Waals surface area (Å²) in [5, 5.41) is 13.0.